The SMILES string of the molecule is C[C@H]1CO[C@H](C#N)c2ccccc21. The van der Waals surface area contributed by atoms with Crippen LogP contribution in [0.5, 0.6) is 0 Å². The highest BCUT2D eigenvalue weighted by molar-refractivity contribution is 5.36. The van der Waals surface area contributed by atoms with Gasteiger partial charge < -0.3 is 4.74 Å². The second-order valence-corrected chi connectivity index (χ2v) is 3.37. The Morgan fingerprint density at radius 1 is 1.38 bits per heavy atom. The van der Waals surface area contributed by atoms with Gasteiger partial charge in [-0.3, -0.25) is 0 Å². The molecular weight excluding hydrogens is 162 g/mol. The Hall–Kier alpha value is -1.33. The molecule has 0 fully saturated rings. The van der Waals surface area contributed by atoms with Crippen LogP contribution in [0.1, 0.15) is 30.1 Å². The summed E-state index contributed by atoms with van der Waals surface area (Å²) in [6, 6.07) is 10.2. The normalized spacial score (nSPS) is 26.2. The number of rotatable bonds is 0. The van der Waals surface area contributed by atoms with E-state index in [2.05, 4.69) is 19.1 Å². The van der Waals surface area contributed by atoms with Crippen LogP contribution >= 0.6 is 0 Å². The van der Waals surface area contributed by atoms with Crippen LogP contribution in [0.15, 0.2) is 24.3 Å². The van der Waals surface area contributed by atoms with E-state index in [1.807, 2.05) is 18.2 Å². The van der Waals surface area contributed by atoms with Crippen LogP contribution in [-0.4, -0.2) is 6.61 Å². The molecule has 1 aromatic rings. The van der Waals surface area contributed by atoms with Crippen LogP contribution in [0.2, 0.25) is 0 Å². The summed E-state index contributed by atoms with van der Waals surface area (Å²) in [5.74, 6) is 0.404. The van der Waals surface area contributed by atoms with Crippen molar-refractivity contribution in [1.29, 1.82) is 5.26 Å². The van der Waals surface area contributed by atoms with E-state index in [9.17, 15) is 0 Å². The molecule has 0 aromatic heterocycles. The van der Waals surface area contributed by atoms with Crippen LogP contribution in [0.4, 0.5) is 0 Å². The number of hydrogen-bond acceptors (Lipinski definition) is 2. The van der Waals surface area contributed by atoms with Gasteiger partial charge in [0.15, 0.2) is 6.10 Å². The summed E-state index contributed by atoms with van der Waals surface area (Å²) in [6.45, 7) is 2.77. The number of ether oxygens (including phenoxy) is 1. The Morgan fingerprint density at radius 2 is 2.08 bits per heavy atom. The largest absolute Gasteiger partial charge is 0.358 e. The predicted molar refractivity (Wildman–Crippen MR) is 49.2 cm³/mol. The fraction of sp³-hybridized carbons (Fsp3) is 0.364. The molecule has 0 spiro atoms. The van der Waals surface area contributed by atoms with E-state index in [4.69, 9.17) is 10.00 Å². The minimum Gasteiger partial charge on any atom is -0.358 e. The molecule has 0 unspecified atom stereocenters. The van der Waals surface area contributed by atoms with E-state index in [0.29, 0.717) is 12.5 Å². The Kier molecular flexibility index (Phi) is 2.03. The summed E-state index contributed by atoms with van der Waals surface area (Å²) >= 11 is 0. The van der Waals surface area contributed by atoms with Gasteiger partial charge in [-0.05, 0) is 11.1 Å². The number of fused-ring (bicyclic) bond motifs is 1. The van der Waals surface area contributed by atoms with Crippen molar-refractivity contribution in [2.75, 3.05) is 6.61 Å². The lowest BCUT2D eigenvalue weighted by atomic mass is 9.91. The van der Waals surface area contributed by atoms with Gasteiger partial charge in [0.2, 0.25) is 0 Å². The predicted octanol–water partition coefficient (Wildman–Crippen LogP) is 2.38. The third-order valence-corrected chi connectivity index (χ3v) is 2.44. The Bertz CT molecular complexity index is 353. The number of nitriles is 1. The molecule has 0 bridgehead atoms. The van der Waals surface area contributed by atoms with Gasteiger partial charge in [0.1, 0.15) is 0 Å². The first-order valence-corrected chi connectivity index (χ1v) is 4.43. The first-order chi connectivity index (χ1) is 6.33. The molecule has 1 aromatic carbocycles. The first kappa shape index (κ1) is 8.28. The Balaban J connectivity index is 2.49. The second-order valence-electron chi connectivity index (χ2n) is 3.37. The molecule has 2 atom stereocenters. The Labute approximate surface area is 77.8 Å². The van der Waals surface area contributed by atoms with Crippen LogP contribution in [-0.2, 0) is 4.74 Å². The zero-order valence-electron chi connectivity index (χ0n) is 7.53. The van der Waals surface area contributed by atoms with Gasteiger partial charge in [-0.15, -0.1) is 0 Å². The molecular formula is C11H11NO. The molecule has 0 N–H and O–H groups in total. The third-order valence-electron chi connectivity index (χ3n) is 2.44. The Morgan fingerprint density at radius 3 is 2.77 bits per heavy atom. The highest BCUT2D eigenvalue weighted by Crippen LogP contribution is 2.32. The maximum atomic E-state index is 8.85. The lowest BCUT2D eigenvalue weighted by molar-refractivity contribution is 0.0661. The fourth-order valence-corrected chi connectivity index (χ4v) is 1.73. The van der Waals surface area contributed by atoms with Gasteiger partial charge >= 0.3 is 0 Å². The summed E-state index contributed by atoms with van der Waals surface area (Å²) < 4.78 is 5.40. The van der Waals surface area contributed by atoms with Gasteiger partial charge in [0.25, 0.3) is 0 Å². The average Bonchev–Trinajstić information content (AvgIpc) is 2.19. The molecule has 0 radical (unpaired) electrons. The maximum absolute atomic E-state index is 8.85. The highest BCUT2D eigenvalue weighted by Gasteiger charge is 2.24. The summed E-state index contributed by atoms with van der Waals surface area (Å²) in [5, 5.41) is 8.85. The minimum absolute atomic E-state index is 0.368. The summed E-state index contributed by atoms with van der Waals surface area (Å²) in [6.07, 6.45) is -0.368. The van der Waals surface area contributed by atoms with Crippen molar-refractivity contribution < 1.29 is 4.74 Å². The third kappa shape index (κ3) is 1.32. The molecule has 0 saturated carbocycles. The van der Waals surface area contributed by atoms with Crippen molar-refractivity contribution in [2.24, 2.45) is 0 Å². The van der Waals surface area contributed by atoms with Crippen molar-refractivity contribution >= 4 is 0 Å². The molecule has 66 valence electrons. The van der Waals surface area contributed by atoms with Crippen LogP contribution in [0, 0.1) is 11.3 Å². The lowest BCUT2D eigenvalue weighted by Crippen LogP contribution is -2.18. The van der Waals surface area contributed by atoms with Crippen molar-refractivity contribution in [3.8, 4) is 6.07 Å². The van der Waals surface area contributed by atoms with Gasteiger partial charge in [-0.25, -0.2) is 0 Å². The first-order valence-electron chi connectivity index (χ1n) is 4.43. The molecule has 2 nitrogen and oxygen atoms in total. The molecule has 0 amide bonds. The van der Waals surface area contributed by atoms with Crippen molar-refractivity contribution in [3.63, 3.8) is 0 Å². The van der Waals surface area contributed by atoms with E-state index in [-0.39, 0.29) is 6.10 Å². The summed E-state index contributed by atoms with van der Waals surface area (Å²) in [5.41, 5.74) is 2.28. The van der Waals surface area contributed by atoms with Crippen molar-refractivity contribution in [3.05, 3.63) is 35.4 Å². The lowest BCUT2D eigenvalue weighted by Gasteiger charge is -2.25. The van der Waals surface area contributed by atoms with Gasteiger partial charge in [-0.2, -0.15) is 5.26 Å². The second kappa shape index (κ2) is 3.20. The van der Waals surface area contributed by atoms with E-state index < -0.39 is 0 Å². The van der Waals surface area contributed by atoms with Gasteiger partial charge in [-0.1, -0.05) is 31.2 Å². The average molecular weight is 173 g/mol. The minimum atomic E-state index is -0.368. The van der Waals surface area contributed by atoms with Crippen LogP contribution < -0.4 is 0 Å². The van der Waals surface area contributed by atoms with Crippen LogP contribution in [0.3, 0.4) is 0 Å². The van der Waals surface area contributed by atoms with Crippen molar-refractivity contribution in [2.45, 2.75) is 18.9 Å². The monoisotopic (exact) mass is 173 g/mol. The molecule has 1 heterocycles. The standard InChI is InChI=1S/C11H11NO/c1-8-7-13-11(6-12)10-5-3-2-4-9(8)10/h2-5,8,11H,7H2,1H3/t8-,11+/m0/s1. The van der Waals surface area contributed by atoms with Crippen molar-refractivity contribution in [1.82, 2.24) is 0 Å². The molecule has 2 rings (SSSR count). The highest BCUT2D eigenvalue weighted by atomic mass is 16.5. The molecule has 1 aliphatic rings. The topological polar surface area (TPSA) is 33.0 Å². The maximum Gasteiger partial charge on any atom is 0.169 e. The molecule has 13 heavy (non-hydrogen) atoms. The van der Waals surface area contributed by atoms with Gasteiger partial charge in [0.05, 0.1) is 12.7 Å². The van der Waals surface area contributed by atoms with E-state index in [1.165, 1.54) is 5.56 Å². The molecule has 1 aliphatic heterocycles. The molecule has 0 saturated heterocycles. The van der Waals surface area contributed by atoms with Crippen LogP contribution in [0.25, 0.3) is 0 Å². The smallest absolute Gasteiger partial charge is 0.169 e. The number of hydrogen-bond donors (Lipinski definition) is 0. The number of benzene rings is 1. The summed E-state index contributed by atoms with van der Waals surface area (Å²) in [7, 11) is 0. The van der Waals surface area contributed by atoms with E-state index in [0.717, 1.165) is 5.56 Å². The summed E-state index contributed by atoms with van der Waals surface area (Å²) in [4.78, 5) is 0. The van der Waals surface area contributed by atoms with E-state index >= 15 is 0 Å². The zero-order valence-corrected chi connectivity index (χ0v) is 7.53. The quantitative estimate of drug-likeness (QED) is 0.603. The van der Waals surface area contributed by atoms with E-state index in [1.54, 1.807) is 0 Å². The van der Waals surface area contributed by atoms with Gasteiger partial charge in [0, 0.05) is 5.92 Å². The fourth-order valence-electron chi connectivity index (χ4n) is 1.73. The molecule has 2 heteroatoms. The zero-order chi connectivity index (χ0) is 9.26. The number of nitrogens with zero attached hydrogens (tertiary/aromatic N) is 1. The molecule has 0 aliphatic carbocycles.